The molecule has 3 saturated heterocycles. The number of ether oxygens (including phenoxy) is 1. The quantitative estimate of drug-likeness (QED) is 0.810. The summed E-state index contributed by atoms with van der Waals surface area (Å²) >= 11 is 0. The Kier molecular flexibility index (Phi) is 3.62. The number of hydrogen-bond donors (Lipinski definition) is 1. The summed E-state index contributed by atoms with van der Waals surface area (Å²) in [5.74, 6) is 1.24. The van der Waals surface area contributed by atoms with Gasteiger partial charge in [0.25, 0.3) is 5.91 Å². The fourth-order valence-corrected chi connectivity index (χ4v) is 4.17. The number of rotatable bonds is 1. The zero-order valence-electron chi connectivity index (χ0n) is 12.1. The Labute approximate surface area is 131 Å². The number of nitrogens with two attached hydrogens (primary N) is 1. The SMILES string of the molecule is Cc1ccc(N)cc1C(=O)N1CC2C3CCC(O3)C2C1.Cl. The lowest BCUT2D eigenvalue weighted by Crippen LogP contribution is -2.32. The van der Waals surface area contributed by atoms with Crippen molar-refractivity contribution in [2.75, 3.05) is 18.8 Å². The van der Waals surface area contributed by atoms with E-state index in [4.69, 9.17) is 10.5 Å². The Morgan fingerprint density at radius 1 is 1.24 bits per heavy atom. The zero-order chi connectivity index (χ0) is 13.9. The Hall–Kier alpha value is -1.26. The molecule has 2 bridgehead atoms. The molecular weight excluding hydrogens is 288 g/mol. The fourth-order valence-electron chi connectivity index (χ4n) is 4.17. The molecule has 1 aromatic rings. The predicted molar refractivity (Wildman–Crippen MR) is 83.6 cm³/mol. The molecule has 4 nitrogen and oxygen atoms in total. The van der Waals surface area contributed by atoms with Gasteiger partial charge in [-0.2, -0.15) is 0 Å². The van der Waals surface area contributed by atoms with Crippen LogP contribution in [0.3, 0.4) is 0 Å². The molecule has 21 heavy (non-hydrogen) atoms. The van der Waals surface area contributed by atoms with Gasteiger partial charge in [0.1, 0.15) is 0 Å². The molecule has 0 spiro atoms. The number of hydrogen-bond acceptors (Lipinski definition) is 3. The van der Waals surface area contributed by atoms with Gasteiger partial charge in [-0.25, -0.2) is 0 Å². The van der Waals surface area contributed by atoms with E-state index in [-0.39, 0.29) is 18.3 Å². The van der Waals surface area contributed by atoms with E-state index in [1.54, 1.807) is 6.07 Å². The Morgan fingerprint density at radius 3 is 2.48 bits per heavy atom. The summed E-state index contributed by atoms with van der Waals surface area (Å²) in [4.78, 5) is 14.7. The molecule has 5 heteroatoms. The first-order valence-electron chi connectivity index (χ1n) is 7.44. The molecule has 0 saturated carbocycles. The minimum Gasteiger partial charge on any atom is -0.399 e. The highest BCUT2D eigenvalue weighted by Gasteiger charge is 2.53. The van der Waals surface area contributed by atoms with Crippen molar-refractivity contribution < 1.29 is 9.53 Å². The monoisotopic (exact) mass is 308 g/mol. The normalized spacial score (nSPS) is 32.9. The molecular formula is C16H21ClN2O2. The summed E-state index contributed by atoms with van der Waals surface area (Å²) in [5, 5.41) is 0. The van der Waals surface area contributed by atoms with Crippen molar-refractivity contribution in [3.05, 3.63) is 29.3 Å². The van der Waals surface area contributed by atoms with Crippen LogP contribution in [0.1, 0.15) is 28.8 Å². The van der Waals surface area contributed by atoms with Crippen molar-refractivity contribution in [1.29, 1.82) is 0 Å². The van der Waals surface area contributed by atoms with Crippen LogP contribution in [0, 0.1) is 18.8 Å². The van der Waals surface area contributed by atoms with Crippen LogP contribution >= 0.6 is 12.4 Å². The molecule has 4 atom stereocenters. The van der Waals surface area contributed by atoms with Crippen LogP contribution in [-0.4, -0.2) is 36.1 Å². The van der Waals surface area contributed by atoms with E-state index < -0.39 is 0 Å². The van der Waals surface area contributed by atoms with Crippen molar-refractivity contribution in [3.8, 4) is 0 Å². The number of carbonyl (C=O) groups is 1. The van der Waals surface area contributed by atoms with Crippen molar-refractivity contribution in [2.45, 2.75) is 32.0 Å². The number of halogens is 1. The van der Waals surface area contributed by atoms with Crippen LogP contribution in [0.15, 0.2) is 18.2 Å². The molecule has 4 rings (SSSR count). The fraction of sp³-hybridized carbons (Fsp3) is 0.562. The van der Waals surface area contributed by atoms with Gasteiger partial charge in [-0.1, -0.05) is 6.07 Å². The Balaban J connectivity index is 0.00000132. The van der Waals surface area contributed by atoms with E-state index in [2.05, 4.69) is 0 Å². The van der Waals surface area contributed by atoms with E-state index >= 15 is 0 Å². The molecule has 4 unspecified atom stereocenters. The number of nitrogen functional groups attached to an aromatic ring is 1. The minimum absolute atomic E-state index is 0. The molecule has 1 aromatic carbocycles. The van der Waals surface area contributed by atoms with Crippen LogP contribution in [0.2, 0.25) is 0 Å². The third kappa shape index (κ3) is 2.21. The summed E-state index contributed by atoms with van der Waals surface area (Å²) in [6, 6.07) is 5.57. The summed E-state index contributed by atoms with van der Waals surface area (Å²) in [7, 11) is 0. The summed E-state index contributed by atoms with van der Waals surface area (Å²) in [6.45, 7) is 3.66. The predicted octanol–water partition coefficient (Wildman–Crippen LogP) is 2.25. The smallest absolute Gasteiger partial charge is 0.254 e. The molecule has 2 N–H and O–H groups in total. The standard InChI is InChI=1S/C16H20N2O2.ClH/c1-9-2-3-10(17)6-11(9)16(19)18-7-12-13(8-18)15-5-4-14(12)20-15;/h2-3,6,12-15H,4-5,7-8,17H2,1H3;1H. The third-order valence-corrected chi connectivity index (χ3v) is 5.23. The van der Waals surface area contributed by atoms with Crippen molar-refractivity contribution >= 4 is 24.0 Å². The number of anilines is 1. The van der Waals surface area contributed by atoms with Crippen LogP contribution in [-0.2, 0) is 4.74 Å². The van der Waals surface area contributed by atoms with Gasteiger partial charge >= 0.3 is 0 Å². The Morgan fingerprint density at radius 2 is 1.86 bits per heavy atom. The highest BCUT2D eigenvalue weighted by atomic mass is 35.5. The number of amides is 1. The first-order valence-corrected chi connectivity index (χ1v) is 7.44. The van der Waals surface area contributed by atoms with Crippen molar-refractivity contribution in [1.82, 2.24) is 4.90 Å². The molecule has 3 aliphatic heterocycles. The number of carbonyl (C=O) groups excluding carboxylic acids is 1. The van der Waals surface area contributed by atoms with Gasteiger partial charge in [0.15, 0.2) is 0 Å². The van der Waals surface area contributed by atoms with E-state index in [1.807, 2.05) is 24.0 Å². The van der Waals surface area contributed by atoms with Gasteiger partial charge in [-0.05, 0) is 37.5 Å². The number of likely N-dealkylation sites (tertiary alicyclic amines) is 1. The second-order valence-corrected chi connectivity index (χ2v) is 6.40. The first-order chi connectivity index (χ1) is 9.63. The highest BCUT2D eigenvalue weighted by molar-refractivity contribution is 5.96. The van der Waals surface area contributed by atoms with E-state index in [1.165, 1.54) is 12.8 Å². The largest absolute Gasteiger partial charge is 0.399 e. The number of aryl methyl sites for hydroxylation is 1. The molecule has 3 aliphatic rings. The average Bonchev–Trinajstić information content (AvgIpc) is 3.11. The number of nitrogens with zero attached hydrogens (tertiary/aromatic N) is 1. The van der Waals surface area contributed by atoms with Gasteiger partial charge in [0, 0.05) is 36.2 Å². The van der Waals surface area contributed by atoms with Crippen LogP contribution in [0.25, 0.3) is 0 Å². The minimum atomic E-state index is 0. The first kappa shape index (κ1) is 14.7. The van der Waals surface area contributed by atoms with Crippen LogP contribution in [0.5, 0.6) is 0 Å². The van der Waals surface area contributed by atoms with Crippen LogP contribution < -0.4 is 5.73 Å². The van der Waals surface area contributed by atoms with Crippen molar-refractivity contribution in [2.24, 2.45) is 11.8 Å². The maximum atomic E-state index is 12.7. The topological polar surface area (TPSA) is 55.6 Å². The lowest BCUT2D eigenvalue weighted by molar-refractivity contribution is 0.0594. The molecule has 0 aliphatic carbocycles. The second kappa shape index (κ2) is 5.18. The average molecular weight is 309 g/mol. The molecule has 114 valence electrons. The van der Waals surface area contributed by atoms with E-state index in [0.29, 0.717) is 29.7 Å². The molecule has 1 amide bonds. The highest BCUT2D eigenvalue weighted by Crippen LogP contribution is 2.47. The lowest BCUT2D eigenvalue weighted by atomic mass is 9.82. The molecule has 3 heterocycles. The maximum Gasteiger partial charge on any atom is 0.254 e. The molecule has 0 aromatic heterocycles. The van der Waals surface area contributed by atoms with Gasteiger partial charge in [0.05, 0.1) is 12.2 Å². The maximum absolute atomic E-state index is 12.7. The third-order valence-electron chi connectivity index (χ3n) is 5.23. The van der Waals surface area contributed by atoms with Crippen molar-refractivity contribution in [3.63, 3.8) is 0 Å². The Bertz CT molecular complexity index is 559. The number of fused-ring (bicyclic) bond motifs is 5. The number of benzene rings is 1. The van der Waals surface area contributed by atoms with Gasteiger partial charge in [0.2, 0.25) is 0 Å². The van der Waals surface area contributed by atoms with E-state index in [0.717, 1.165) is 24.2 Å². The summed E-state index contributed by atoms with van der Waals surface area (Å²) in [6.07, 6.45) is 3.13. The van der Waals surface area contributed by atoms with Gasteiger partial charge in [-0.15, -0.1) is 12.4 Å². The second-order valence-electron chi connectivity index (χ2n) is 6.40. The van der Waals surface area contributed by atoms with E-state index in [9.17, 15) is 4.79 Å². The van der Waals surface area contributed by atoms with Gasteiger partial charge < -0.3 is 15.4 Å². The lowest BCUT2D eigenvalue weighted by Gasteiger charge is -2.20. The molecule has 3 fully saturated rings. The van der Waals surface area contributed by atoms with Crippen LogP contribution in [0.4, 0.5) is 5.69 Å². The van der Waals surface area contributed by atoms with Gasteiger partial charge in [-0.3, -0.25) is 4.79 Å². The summed E-state index contributed by atoms with van der Waals surface area (Å²) in [5.41, 5.74) is 8.22. The zero-order valence-corrected chi connectivity index (χ0v) is 12.9. The summed E-state index contributed by atoms with van der Waals surface area (Å²) < 4.78 is 5.96. The molecule has 0 radical (unpaired) electrons.